The highest BCUT2D eigenvalue weighted by Gasteiger charge is 2.33. The highest BCUT2D eigenvalue weighted by atomic mass is 16.3. The van der Waals surface area contributed by atoms with E-state index in [9.17, 15) is 4.79 Å². The molecule has 0 aliphatic rings. The zero-order valence-corrected chi connectivity index (χ0v) is 7.63. The first-order valence-corrected chi connectivity index (χ1v) is 4.12. The Hall–Kier alpha value is -0.880. The Morgan fingerprint density at radius 2 is 2.25 bits per heavy atom. The number of nitrogens with zero attached hydrogens (tertiary/aromatic N) is 1. The Labute approximate surface area is 73.0 Å². The Bertz CT molecular complexity index is 195. The van der Waals surface area contributed by atoms with Crippen molar-refractivity contribution in [3.05, 3.63) is 0 Å². The van der Waals surface area contributed by atoms with E-state index in [1.807, 2.05) is 13.0 Å². The van der Waals surface area contributed by atoms with Crippen molar-refractivity contribution in [3.8, 4) is 6.07 Å². The molecule has 0 saturated heterocycles. The molecule has 68 valence electrons. The summed E-state index contributed by atoms with van der Waals surface area (Å²) in [5.74, 6) is -0.0894. The fraction of sp³-hybridized carbons (Fsp3) is 0.778. The highest BCUT2D eigenvalue weighted by molar-refractivity contribution is 5.82. The minimum Gasteiger partial charge on any atom is -0.395 e. The first kappa shape index (κ1) is 11.1. The van der Waals surface area contributed by atoms with Crippen molar-refractivity contribution in [2.24, 2.45) is 5.41 Å². The van der Waals surface area contributed by atoms with Gasteiger partial charge in [-0.3, -0.25) is 4.79 Å². The molecule has 0 radical (unpaired) electrons. The molecule has 0 aliphatic carbocycles. The molecule has 0 aromatic carbocycles. The lowest BCUT2D eigenvalue weighted by molar-refractivity contribution is -0.129. The molecule has 0 bridgehead atoms. The van der Waals surface area contributed by atoms with Crippen LogP contribution in [0.25, 0.3) is 0 Å². The van der Waals surface area contributed by atoms with E-state index in [1.54, 1.807) is 0 Å². The average molecular weight is 169 g/mol. The maximum atomic E-state index is 11.2. The summed E-state index contributed by atoms with van der Waals surface area (Å²) < 4.78 is 0. The van der Waals surface area contributed by atoms with Crippen molar-refractivity contribution in [2.45, 2.75) is 33.1 Å². The van der Waals surface area contributed by atoms with Crippen LogP contribution in [0.15, 0.2) is 0 Å². The molecule has 0 saturated carbocycles. The molecule has 1 N–H and O–H groups in total. The van der Waals surface area contributed by atoms with Crippen molar-refractivity contribution in [3.63, 3.8) is 0 Å². The van der Waals surface area contributed by atoms with Crippen LogP contribution in [0.3, 0.4) is 0 Å². The van der Waals surface area contributed by atoms with Crippen LogP contribution in [0.1, 0.15) is 33.1 Å². The second kappa shape index (κ2) is 4.89. The van der Waals surface area contributed by atoms with Gasteiger partial charge in [0.1, 0.15) is 5.78 Å². The Morgan fingerprint density at radius 1 is 1.67 bits per heavy atom. The molecule has 0 aromatic rings. The second-order valence-electron chi connectivity index (χ2n) is 3.08. The molecule has 0 spiro atoms. The maximum absolute atomic E-state index is 11.2. The predicted octanol–water partition coefficient (Wildman–Crippen LogP) is 1.27. The first-order chi connectivity index (χ1) is 5.63. The quantitative estimate of drug-likeness (QED) is 0.674. The second-order valence-corrected chi connectivity index (χ2v) is 3.08. The standard InChI is InChI=1S/C9H15NO2/c1-3-4-9(7-11,5-6-10)8(2)12/h11H,3-5,7H2,1-2H3/t9-/m0/s1. The summed E-state index contributed by atoms with van der Waals surface area (Å²) in [5, 5.41) is 17.5. The summed E-state index contributed by atoms with van der Waals surface area (Å²) in [6.07, 6.45) is 1.51. The molecule has 3 heteroatoms. The van der Waals surface area contributed by atoms with Crippen molar-refractivity contribution in [1.82, 2.24) is 0 Å². The molecule has 0 heterocycles. The van der Waals surface area contributed by atoms with Crippen molar-refractivity contribution in [2.75, 3.05) is 6.61 Å². The lowest BCUT2D eigenvalue weighted by Gasteiger charge is -2.25. The SMILES string of the molecule is CCC[C@@](CO)(CC#N)C(C)=O. The fourth-order valence-corrected chi connectivity index (χ4v) is 1.27. The van der Waals surface area contributed by atoms with E-state index < -0.39 is 5.41 Å². The Kier molecular flexibility index (Phi) is 4.53. The van der Waals surface area contributed by atoms with Crippen molar-refractivity contribution < 1.29 is 9.90 Å². The van der Waals surface area contributed by atoms with E-state index in [4.69, 9.17) is 10.4 Å². The molecule has 0 fully saturated rings. The van der Waals surface area contributed by atoms with Gasteiger partial charge in [-0.2, -0.15) is 5.26 Å². The normalized spacial score (nSPS) is 14.8. The minimum absolute atomic E-state index is 0.0894. The van der Waals surface area contributed by atoms with E-state index in [1.165, 1.54) is 6.92 Å². The van der Waals surface area contributed by atoms with Crippen LogP contribution in [0.4, 0.5) is 0 Å². The number of hydrogen-bond donors (Lipinski definition) is 1. The number of aliphatic hydroxyl groups excluding tert-OH is 1. The summed E-state index contributed by atoms with van der Waals surface area (Å²) in [4.78, 5) is 11.2. The maximum Gasteiger partial charge on any atom is 0.139 e. The molecule has 12 heavy (non-hydrogen) atoms. The van der Waals surface area contributed by atoms with Gasteiger partial charge in [0.05, 0.1) is 18.1 Å². The number of carbonyl (C=O) groups excluding carboxylic acids is 1. The van der Waals surface area contributed by atoms with E-state index in [0.717, 1.165) is 6.42 Å². The number of nitriles is 1. The molecule has 1 atom stereocenters. The monoisotopic (exact) mass is 169 g/mol. The van der Waals surface area contributed by atoms with Gasteiger partial charge in [-0.05, 0) is 13.3 Å². The summed E-state index contributed by atoms with van der Waals surface area (Å²) in [6.45, 7) is 3.15. The van der Waals surface area contributed by atoms with Gasteiger partial charge in [0.15, 0.2) is 0 Å². The average Bonchev–Trinajstić information content (AvgIpc) is 2.03. The molecule has 0 aliphatic heterocycles. The summed E-state index contributed by atoms with van der Waals surface area (Å²) >= 11 is 0. The molecule has 0 rings (SSSR count). The lowest BCUT2D eigenvalue weighted by Crippen LogP contribution is -2.32. The van der Waals surface area contributed by atoms with E-state index >= 15 is 0 Å². The molecule has 0 aromatic heterocycles. The van der Waals surface area contributed by atoms with Crippen LogP contribution in [-0.2, 0) is 4.79 Å². The highest BCUT2D eigenvalue weighted by Crippen LogP contribution is 2.28. The fourth-order valence-electron chi connectivity index (χ4n) is 1.27. The number of rotatable bonds is 5. The van der Waals surface area contributed by atoms with Gasteiger partial charge in [-0.1, -0.05) is 13.3 Å². The van der Waals surface area contributed by atoms with Crippen LogP contribution in [0, 0.1) is 16.7 Å². The summed E-state index contributed by atoms with van der Waals surface area (Å²) in [5.41, 5.74) is -0.802. The van der Waals surface area contributed by atoms with Gasteiger partial charge in [-0.25, -0.2) is 0 Å². The van der Waals surface area contributed by atoms with Gasteiger partial charge in [0.25, 0.3) is 0 Å². The van der Waals surface area contributed by atoms with Gasteiger partial charge in [-0.15, -0.1) is 0 Å². The molecular formula is C9H15NO2. The lowest BCUT2D eigenvalue weighted by atomic mass is 9.78. The van der Waals surface area contributed by atoms with Crippen LogP contribution >= 0.6 is 0 Å². The summed E-state index contributed by atoms with van der Waals surface area (Å²) in [7, 11) is 0. The topological polar surface area (TPSA) is 61.1 Å². The Balaban J connectivity index is 4.53. The van der Waals surface area contributed by atoms with E-state index in [-0.39, 0.29) is 18.8 Å². The van der Waals surface area contributed by atoms with Gasteiger partial charge in [0, 0.05) is 6.42 Å². The zero-order chi connectivity index (χ0) is 9.61. The molecule has 3 nitrogen and oxygen atoms in total. The van der Waals surface area contributed by atoms with Crippen LogP contribution in [0.2, 0.25) is 0 Å². The van der Waals surface area contributed by atoms with E-state index in [2.05, 4.69) is 0 Å². The van der Waals surface area contributed by atoms with E-state index in [0.29, 0.717) is 6.42 Å². The van der Waals surface area contributed by atoms with Gasteiger partial charge < -0.3 is 5.11 Å². The van der Waals surface area contributed by atoms with Crippen LogP contribution < -0.4 is 0 Å². The summed E-state index contributed by atoms with van der Waals surface area (Å²) in [6, 6.07) is 1.94. The van der Waals surface area contributed by atoms with Gasteiger partial charge in [0.2, 0.25) is 0 Å². The molecular weight excluding hydrogens is 154 g/mol. The number of ketones is 1. The largest absolute Gasteiger partial charge is 0.395 e. The predicted molar refractivity (Wildman–Crippen MR) is 45.3 cm³/mol. The minimum atomic E-state index is -0.802. The molecule has 0 unspecified atom stereocenters. The number of carbonyl (C=O) groups is 1. The third-order valence-electron chi connectivity index (χ3n) is 2.20. The van der Waals surface area contributed by atoms with Crippen LogP contribution in [-0.4, -0.2) is 17.5 Å². The number of hydrogen-bond acceptors (Lipinski definition) is 3. The van der Waals surface area contributed by atoms with Crippen molar-refractivity contribution >= 4 is 5.78 Å². The third-order valence-corrected chi connectivity index (χ3v) is 2.20. The third kappa shape index (κ3) is 2.31. The van der Waals surface area contributed by atoms with Crippen LogP contribution in [0.5, 0.6) is 0 Å². The number of Topliss-reactive ketones (excluding diaryl/α,β-unsaturated/α-hetero) is 1. The first-order valence-electron chi connectivity index (χ1n) is 4.12. The molecule has 0 amide bonds. The van der Waals surface area contributed by atoms with Crippen molar-refractivity contribution in [1.29, 1.82) is 5.26 Å². The Morgan fingerprint density at radius 3 is 2.50 bits per heavy atom. The smallest absolute Gasteiger partial charge is 0.139 e. The zero-order valence-electron chi connectivity index (χ0n) is 7.63. The number of aliphatic hydroxyl groups is 1. The van der Waals surface area contributed by atoms with Gasteiger partial charge >= 0.3 is 0 Å².